The minimum Gasteiger partial charge on any atom is -0.436 e. The molecule has 17 heteroatoms. The molecule has 2 aliphatic carbocycles. The van der Waals surface area contributed by atoms with Crippen LogP contribution in [0.25, 0.3) is 0 Å². The predicted octanol–water partition coefficient (Wildman–Crippen LogP) is 4.45. The van der Waals surface area contributed by atoms with Gasteiger partial charge in [0.2, 0.25) is 24.4 Å². The number of ether oxygens (including phenoxy) is 4. The van der Waals surface area contributed by atoms with Gasteiger partial charge in [-0.3, -0.25) is 29.7 Å². The highest BCUT2D eigenvalue weighted by Gasteiger charge is 2.57. The van der Waals surface area contributed by atoms with Gasteiger partial charge in [0.05, 0.1) is 44.3 Å². The van der Waals surface area contributed by atoms with E-state index in [2.05, 4.69) is 24.5 Å². The van der Waals surface area contributed by atoms with Crippen molar-refractivity contribution in [1.82, 2.24) is 10.6 Å². The fourth-order valence-corrected chi connectivity index (χ4v) is 10.4. The summed E-state index contributed by atoms with van der Waals surface area (Å²) in [5, 5.41) is 47.1. The van der Waals surface area contributed by atoms with E-state index < -0.39 is 53.6 Å². The van der Waals surface area contributed by atoms with E-state index in [0.29, 0.717) is 38.4 Å². The molecule has 2 aliphatic heterocycles. The third kappa shape index (κ3) is 13.1. The molecule has 0 aromatic carbocycles. The van der Waals surface area contributed by atoms with Crippen LogP contribution in [0.3, 0.4) is 0 Å². The predicted molar refractivity (Wildman–Crippen MR) is 214 cm³/mol. The molecule has 17 nitrogen and oxygen atoms in total. The van der Waals surface area contributed by atoms with Gasteiger partial charge in [0.1, 0.15) is 17.5 Å². The molecule has 4 fully saturated rings. The van der Waals surface area contributed by atoms with E-state index in [9.17, 15) is 44.7 Å². The van der Waals surface area contributed by atoms with Crippen molar-refractivity contribution in [3.05, 3.63) is 0 Å². The first-order valence-corrected chi connectivity index (χ1v) is 22.2. The van der Waals surface area contributed by atoms with Gasteiger partial charge in [-0.25, -0.2) is 9.78 Å². The maximum Gasteiger partial charge on any atom is 0.308 e. The minimum absolute atomic E-state index is 0.00981. The summed E-state index contributed by atoms with van der Waals surface area (Å²) < 4.78 is 22.4. The van der Waals surface area contributed by atoms with Crippen LogP contribution in [0.1, 0.15) is 137 Å². The Labute approximate surface area is 354 Å². The second kappa shape index (κ2) is 23.6. The van der Waals surface area contributed by atoms with Crippen LogP contribution in [0.5, 0.6) is 0 Å². The number of carbonyl (C=O) groups is 5. The van der Waals surface area contributed by atoms with E-state index >= 15 is 0 Å². The van der Waals surface area contributed by atoms with E-state index in [1.165, 1.54) is 0 Å². The molecule has 2 saturated carbocycles. The topological polar surface area (TPSA) is 246 Å². The molecule has 3 unspecified atom stereocenters. The van der Waals surface area contributed by atoms with Crippen LogP contribution in [0.15, 0.2) is 0 Å². The summed E-state index contributed by atoms with van der Waals surface area (Å²) in [4.78, 5) is 72.1. The van der Waals surface area contributed by atoms with E-state index in [0.717, 1.165) is 38.5 Å². The lowest BCUT2D eigenvalue weighted by Gasteiger charge is -2.51. The smallest absolute Gasteiger partial charge is 0.308 e. The molecule has 6 N–H and O–H groups in total. The summed E-state index contributed by atoms with van der Waals surface area (Å²) in [5.41, 5.74) is -2.04. The Morgan fingerprint density at radius 2 is 1.30 bits per heavy atom. The van der Waals surface area contributed by atoms with Crippen LogP contribution >= 0.6 is 0 Å². The molecule has 2 heterocycles. The van der Waals surface area contributed by atoms with Crippen LogP contribution < -0.4 is 10.6 Å². The molecule has 0 aromatic rings. The van der Waals surface area contributed by atoms with Gasteiger partial charge >= 0.3 is 11.9 Å². The molecule has 0 radical (unpaired) electrons. The first-order valence-electron chi connectivity index (χ1n) is 22.2. The highest BCUT2D eigenvalue weighted by atomic mass is 17.1. The molecule has 4 aliphatic rings. The van der Waals surface area contributed by atoms with Crippen molar-refractivity contribution in [2.24, 2.45) is 41.4 Å². The molecular formula is C43H72N2O15. The first-order chi connectivity index (χ1) is 28.6. The second-order valence-electron chi connectivity index (χ2n) is 18.2. The monoisotopic (exact) mass is 856 g/mol. The van der Waals surface area contributed by atoms with E-state index in [-0.39, 0.29) is 105 Å². The van der Waals surface area contributed by atoms with E-state index in [1.54, 1.807) is 6.92 Å². The number of hydrogen-bond acceptors (Lipinski definition) is 15. The highest BCUT2D eigenvalue weighted by molar-refractivity contribution is 5.83. The standard InChI is InChI=1S/C43H72N2O15/c1-26-9-13-31(42(59-53)24-55-28(3)11-15-33(26)42)22-40(51)57-38(49)20-18-37(48)45-32(23-46)8-6-7-21-44-36(47)17-19-39(50)58-41(52)30(5)35-14-10-27(2)34-16-12-29(4)56-25-43(34,35)60-54/h23,26-35,40-41,51-54H,6-22,24-25H2,1-5H3,(H,44,47)(H,45,48)/t26-,27-,28+,29+,30-,31+,32?,33?,34?,35+,40+,41+,42+,43-/m1/s1. The summed E-state index contributed by atoms with van der Waals surface area (Å²) in [5.74, 6) is -3.04. The molecule has 14 atom stereocenters. The number of amides is 2. The van der Waals surface area contributed by atoms with Crippen molar-refractivity contribution in [2.45, 2.75) is 179 Å². The average molecular weight is 857 g/mol. The van der Waals surface area contributed by atoms with Gasteiger partial charge in [-0.2, -0.15) is 0 Å². The second-order valence-corrected chi connectivity index (χ2v) is 18.2. The summed E-state index contributed by atoms with van der Waals surface area (Å²) in [6.45, 7) is 10.6. The molecule has 0 bridgehead atoms. The van der Waals surface area contributed by atoms with Gasteiger partial charge in [0.25, 0.3) is 0 Å². The first kappa shape index (κ1) is 49.9. The zero-order valence-electron chi connectivity index (χ0n) is 36.2. The minimum atomic E-state index is -1.47. The number of aliphatic hydroxyl groups excluding tert-OH is 2. The summed E-state index contributed by atoms with van der Waals surface area (Å²) in [6.07, 6.45) is 4.34. The van der Waals surface area contributed by atoms with Crippen molar-refractivity contribution in [2.75, 3.05) is 19.8 Å². The number of esters is 2. The van der Waals surface area contributed by atoms with Crippen LogP contribution in [0.2, 0.25) is 0 Å². The number of unbranched alkanes of at least 4 members (excludes halogenated alkanes) is 1. The number of aldehydes is 1. The normalized spacial score (nSPS) is 33.9. The molecule has 2 saturated heterocycles. The SMILES string of the molecule is C[C@@H]([C@@H](O)OC(=O)CCC(=O)NCCCCC(C=O)NC(=O)CCC(=O)O[C@H](O)C[C@@H]1CC[C@@H](C)C2CC[C@H](C)OC[C@@]21OO)[C@@H]1CC[C@@H](C)C2CC[C@H](C)OC[C@@]21OO. The van der Waals surface area contributed by atoms with Crippen LogP contribution in [-0.4, -0.2) is 113 Å². The molecule has 0 spiro atoms. The number of hydrogen-bond donors (Lipinski definition) is 6. The maximum absolute atomic E-state index is 12.6. The molecule has 344 valence electrons. The van der Waals surface area contributed by atoms with E-state index in [4.69, 9.17) is 28.7 Å². The quantitative estimate of drug-likeness (QED) is 0.0233. The van der Waals surface area contributed by atoms with E-state index in [1.807, 2.05) is 13.8 Å². The van der Waals surface area contributed by atoms with Crippen molar-refractivity contribution in [3.63, 3.8) is 0 Å². The van der Waals surface area contributed by atoms with Gasteiger partial charge < -0.3 is 44.6 Å². The molecule has 2 amide bonds. The molecule has 4 rings (SSSR count). The summed E-state index contributed by atoms with van der Waals surface area (Å²) in [7, 11) is 0. The van der Waals surface area contributed by atoms with Crippen molar-refractivity contribution in [1.29, 1.82) is 0 Å². The van der Waals surface area contributed by atoms with Gasteiger partial charge in [0, 0.05) is 37.6 Å². The van der Waals surface area contributed by atoms with Crippen molar-refractivity contribution in [3.8, 4) is 0 Å². The zero-order chi connectivity index (χ0) is 44.0. The fraction of sp³-hybridized carbons (Fsp3) is 0.884. The van der Waals surface area contributed by atoms with Gasteiger partial charge in [-0.1, -0.05) is 20.8 Å². The fourth-order valence-electron chi connectivity index (χ4n) is 10.4. The lowest BCUT2D eigenvalue weighted by molar-refractivity contribution is -0.379. The molecule has 0 aromatic heterocycles. The van der Waals surface area contributed by atoms with Gasteiger partial charge in [-0.05, 0) is 114 Å². The molecule has 60 heavy (non-hydrogen) atoms. The van der Waals surface area contributed by atoms with Crippen LogP contribution in [0, 0.1) is 41.4 Å². The number of rotatable bonds is 21. The zero-order valence-corrected chi connectivity index (χ0v) is 36.2. The maximum atomic E-state index is 12.6. The number of nitrogens with one attached hydrogen (secondary N) is 2. The molecular weight excluding hydrogens is 784 g/mol. The Balaban J connectivity index is 1.09. The Morgan fingerprint density at radius 3 is 1.92 bits per heavy atom. The Kier molecular flexibility index (Phi) is 19.6. The Morgan fingerprint density at radius 1 is 0.733 bits per heavy atom. The van der Waals surface area contributed by atoms with Crippen LogP contribution in [0.4, 0.5) is 0 Å². The number of carbonyl (C=O) groups excluding carboxylic acids is 5. The van der Waals surface area contributed by atoms with Gasteiger partial charge in [0.15, 0.2) is 0 Å². The number of fused-ring (bicyclic) bond motifs is 2. The Hall–Kier alpha value is -2.77. The summed E-state index contributed by atoms with van der Waals surface area (Å²) >= 11 is 0. The van der Waals surface area contributed by atoms with Gasteiger partial charge in [-0.15, -0.1) is 0 Å². The van der Waals surface area contributed by atoms with Crippen molar-refractivity contribution < 1.29 is 73.4 Å². The lowest BCUT2D eigenvalue weighted by atomic mass is 9.59. The summed E-state index contributed by atoms with van der Waals surface area (Å²) in [6, 6.07) is -0.806. The third-order valence-corrected chi connectivity index (χ3v) is 14.1. The third-order valence-electron chi connectivity index (χ3n) is 14.1. The average Bonchev–Trinajstić information content (AvgIpc) is 3.52. The largest absolute Gasteiger partial charge is 0.436 e. The van der Waals surface area contributed by atoms with Crippen molar-refractivity contribution >= 4 is 30.0 Å². The van der Waals surface area contributed by atoms with Crippen LogP contribution in [-0.2, 0) is 52.7 Å². The number of aliphatic hydroxyl groups is 2. The lowest BCUT2D eigenvalue weighted by Crippen LogP contribution is -2.58. The highest BCUT2D eigenvalue weighted by Crippen LogP contribution is 2.52. The Bertz CT molecular complexity index is 1400.